The van der Waals surface area contributed by atoms with Crippen LogP contribution in [0, 0.1) is 0 Å². The second-order valence-electron chi connectivity index (χ2n) is 4.20. The summed E-state index contributed by atoms with van der Waals surface area (Å²) in [7, 11) is 0. The van der Waals surface area contributed by atoms with E-state index in [1.807, 2.05) is 30.3 Å². The van der Waals surface area contributed by atoms with Crippen LogP contribution in [0.15, 0.2) is 48.7 Å². The number of esters is 1. The smallest absolute Gasteiger partial charge is 0.325 e. The van der Waals surface area contributed by atoms with Gasteiger partial charge in [-0.25, -0.2) is 4.98 Å². The molecule has 0 aliphatic carbocycles. The van der Waals surface area contributed by atoms with Gasteiger partial charge >= 0.3 is 5.97 Å². The summed E-state index contributed by atoms with van der Waals surface area (Å²) >= 11 is 5.63. The SMILES string of the molecule is O=C(CNC(=O)c1ccc(Cl)nc1)OCc1ccccc1. The number of amides is 1. The van der Waals surface area contributed by atoms with Gasteiger partial charge in [0.05, 0.1) is 5.56 Å². The zero-order valence-corrected chi connectivity index (χ0v) is 11.8. The van der Waals surface area contributed by atoms with Gasteiger partial charge in [-0.05, 0) is 17.7 Å². The molecule has 0 saturated carbocycles. The van der Waals surface area contributed by atoms with Crippen molar-refractivity contribution in [2.75, 3.05) is 6.54 Å². The highest BCUT2D eigenvalue weighted by molar-refractivity contribution is 6.29. The van der Waals surface area contributed by atoms with Gasteiger partial charge in [-0.15, -0.1) is 0 Å². The van der Waals surface area contributed by atoms with Crippen LogP contribution >= 0.6 is 11.6 Å². The van der Waals surface area contributed by atoms with Crippen LogP contribution in [-0.2, 0) is 16.1 Å². The first kappa shape index (κ1) is 15.0. The molecule has 0 aliphatic heterocycles. The second kappa shape index (κ2) is 7.40. The van der Waals surface area contributed by atoms with E-state index >= 15 is 0 Å². The molecule has 1 aromatic carbocycles. The molecule has 2 rings (SSSR count). The minimum absolute atomic E-state index is 0.179. The van der Waals surface area contributed by atoms with Crippen molar-refractivity contribution in [2.24, 2.45) is 0 Å². The Morgan fingerprint density at radius 3 is 2.57 bits per heavy atom. The lowest BCUT2D eigenvalue weighted by Crippen LogP contribution is -2.30. The molecule has 0 fully saturated rings. The number of nitrogens with zero attached hydrogens (tertiary/aromatic N) is 1. The van der Waals surface area contributed by atoms with Crippen LogP contribution in [0.2, 0.25) is 5.15 Å². The van der Waals surface area contributed by atoms with E-state index in [2.05, 4.69) is 10.3 Å². The van der Waals surface area contributed by atoms with E-state index in [9.17, 15) is 9.59 Å². The minimum Gasteiger partial charge on any atom is -0.460 e. The van der Waals surface area contributed by atoms with Crippen LogP contribution in [0.1, 0.15) is 15.9 Å². The number of hydrogen-bond donors (Lipinski definition) is 1. The maximum Gasteiger partial charge on any atom is 0.325 e. The summed E-state index contributed by atoms with van der Waals surface area (Å²) in [5.74, 6) is -0.912. The second-order valence-corrected chi connectivity index (χ2v) is 4.59. The van der Waals surface area contributed by atoms with E-state index in [-0.39, 0.29) is 13.2 Å². The molecule has 21 heavy (non-hydrogen) atoms. The number of pyridine rings is 1. The maximum atomic E-state index is 11.7. The summed E-state index contributed by atoms with van der Waals surface area (Å²) in [4.78, 5) is 27.1. The summed E-state index contributed by atoms with van der Waals surface area (Å²) in [6.07, 6.45) is 1.34. The lowest BCUT2D eigenvalue weighted by atomic mass is 10.2. The largest absolute Gasteiger partial charge is 0.460 e. The normalized spacial score (nSPS) is 9.95. The number of carbonyl (C=O) groups excluding carboxylic acids is 2. The van der Waals surface area contributed by atoms with Gasteiger partial charge in [-0.3, -0.25) is 9.59 Å². The van der Waals surface area contributed by atoms with Gasteiger partial charge < -0.3 is 10.1 Å². The molecule has 0 unspecified atom stereocenters. The van der Waals surface area contributed by atoms with Crippen LogP contribution in [0.3, 0.4) is 0 Å². The van der Waals surface area contributed by atoms with Gasteiger partial charge in [-0.1, -0.05) is 41.9 Å². The zero-order chi connectivity index (χ0) is 15.1. The fourth-order valence-corrected chi connectivity index (χ4v) is 1.67. The van der Waals surface area contributed by atoms with Crippen molar-refractivity contribution < 1.29 is 14.3 Å². The third-order valence-electron chi connectivity index (χ3n) is 2.63. The number of benzene rings is 1. The summed E-state index contributed by atoms with van der Waals surface area (Å²) in [6, 6.07) is 12.3. The van der Waals surface area contributed by atoms with E-state index in [0.29, 0.717) is 10.7 Å². The molecule has 1 heterocycles. The summed E-state index contributed by atoms with van der Waals surface area (Å²) < 4.78 is 5.04. The van der Waals surface area contributed by atoms with Gasteiger partial charge in [0.25, 0.3) is 5.91 Å². The molecule has 5 nitrogen and oxygen atoms in total. The molecule has 1 aromatic heterocycles. The van der Waals surface area contributed by atoms with Crippen molar-refractivity contribution in [2.45, 2.75) is 6.61 Å². The molecule has 108 valence electrons. The predicted molar refractivity (Wildman–Crippen MR) is 77.8 cm³/mol. The van der Waals surface area contributed by atoms with Crippen LogP contribution < -0.4 is 5.32 Å². The quantitative estimate of drug-likeness (QED) is 0.679. The highest BCUT2D eigenvalue weighted by Gasteiger charge is 2.09. The lowest BCUT2D eigenvalue weighted by molar-refractivity contribution is -0.143. The Morgan fingerprint density at radius 2 is 1.90 bits per heavy atom. The summed E-state index contributed by atoms with van der Waals surface area (Å²) in [6.45, 7) is -0.0215. The number of carbonyl (C=O) groups is 2. The van der Waals surface area contributed by atoms with Crippen molar-refractivity contribution in [1.82, 2.24) is 10.3 Å². The lowest BCUT2D eigenvalue weighted by Gasteiger charge is -2.06. The number of hydrogen-bond acceptors (Lipinski definition) is 4. The molecule has 0 saturated heterocycles. The van der Waals surface area contributed by atoms with Crippen LogP contribution in [0.25, 0.3) is 0 Å². The fourth-order valence-electron chi connectivity index (χ4n) is 1.55. The average molecular weight is 305 g/mol. The minimum atomic E-state index is -0.505. The van der Waals surface area contributed by atoms with Gasteiger partial charge in [-0.2, -0.15) is 0 Å². The maximum absolute atomic E-state index is 11.7. The summed E-state index contributed by atoms with van der Waals surface area (Å²) in [5, 5.41) is 2.76. The first-order chi connectivity index (χ1) is 10.1. The van der Waals surface area contributed by atoms with Gasteiger partial charge in [0.1, 0.15) is 18.3 Å². The molecule has 1 N–H and O–H groups in total. The van der Waals surface area contributed by atoms with Crippen LogP contribution in [-0.4, -0.2) is 23.4 Å². The van der Waals surface area contributed by atoms with E-state index in [1.54, 1.807) is 0 Å². The van der Waals surface area contributed by atoms with Crippen LogP contribution in [0.5, 0.6) is 0 Å². The predicted octanol–water partition coefficient (Wildman–Crippen LogP) is 2.21. The van der Waals surface area contributed by atoms with Gasteiger partial charge in [0.15, 0.2) is 0 Å². The standard InChI is InChI=1S/C15H13ClN2O3/c16-13-7-6-12(8-17-13)15(20)18-9-14(19)21-10-11-4-2-1-3-5-11/h1-8H,9-10H2,(H,18,20). The highest BCUT2D eigenvalue weighted by Crippen LogP contribution is 2.05. The Kier molecular flexibility index (Phi) is 5.29. The molecule has 0 aliphatic rings. The number of ether oxygens (including phenoxy) is 1. The van der Waals surface area contributed by atoms with Crippen LogP contribution in [0.4, 0.5) is 0 Å². The van der Waals surface area contributed by atoms with E-state index in [0.717, 1.165) is 5.56 Å². The Balaban J connectivity index is 1.76. The van der Waals surface area contributed by atoms with Gasteiger partial charge in [0, 0.05) is 6.20 Å². The molecular weight excluding hydrogens is 292 g/mol. The average Bonchev–Trinajstić information content (AvgIpc) is 2.52. The molecule has 6 heteroatoms. The molecule has 0 radical (unpaired) electrons. The topological polar surface area (TPSA) is 68.3 Å². The van der Waals surface area contributed by atoms with Crippen molar-refractivity contribution >= 4 is 23.5 Å². The molecular formula is C15H13ClN2O3. The van der Waals surface area contributed by atoms with E-state index in [1.165, 1.54) is 18.3 Å². The molecule has 1 amide bonds. The molecule has 0 atom stereocenters. The Hall–Kier alpha value is -2.40. The molecule has 0 bridgehead atoms. The number of halogens is 1. The third kappa shape index (κ3) is 4.89. The fraction of sp³-hybridized carbons (Fsp3) is 0.133. The first-order valence-corrected chi connectivity index (χ1v) is 6.62. The third-order valence-corrected chi connectivity index (χ3v) is 2.85. The summed E-state index contributed by atoms with van der Waals surface area (Å²) in [5.41, 5.74) is 1.22. The highest BCUT2D eigenvalue weighted by atomic mass is 35.5. The Morgan fingerprint density at radius 1 is 1.14 bits per heavy atom. The molecule has 2 aromatic rings. The van der Waals surface area contributed by atoms with Crippen molar-refractivity contribution in [3.8, 4) is 0 Å². The van der Waals surface area contributed by atoms with Crippen molar-refractivity contribution in [3.63, 3.8) is 0 Å². The Labute approximate surface area is 126 Å². The van der Waals surface area contributed by atoms with Crippen molar-refractivity contribution in [3.05, 3.63) is 64.9 Å². The monoisotopic (exact) mass is 304 g/mol. The van der Waals surface area contributed by atoms with E-state index in [4.69, 9.17) is 16.3 Å². The Bertz CT molecular complexity index is 615. The number of nitrogens with one attached hydrogen (secondary N) is 1. The van der Waals surface area contributed by atoms with Gasteiger partial charge in [0.2, 0.25) is 0 Å². The van der Waals surface area contributed by atoms with Crippen molar-refractivity contribution in [1.29, 1.82) is 0 Å². The number of aromatic nitrogens is 1. The van der Waals surface area contributed by atoms with E-state index < -0.39 is 11.9 Å². The molecule has 0 spiro atoms. The zero-order valence-electron chi connectivity index (χ0n) is 11.1. The first-order valence-electron chi connectivity index (χ1n) is 6.24. The number of rotatable bonds is 5.